The number of hydrogen-bond acceptors (Lipinski definition) is 5. The van der Waals surface area contributed by atoms with Crippen molar-refractivity contribution in [3.05, 3.63) is 41.6 Å². The van der Waals surface area contributed by atoms with E-state index in [2.05, 4.69) is 19.9 Å². The number of carboxylic acid groups (broad SMARTS) is 1. The highest BCUT2D eigenvalue weighted by atomic mass is 16.4. The first-order valence-corrected chi connectivity index (χ1v) is 9.79. The number of fused-ring (bicyclic) bond motifs is 1. The van der Waals surface area contributed by atoms with Crippen LogP contribution in [0.3, 0.4) is 0 Å². The highest BCUT2D eigenvalue weighted by Gasteiger charge is 2.37. The zero-order valence-electron chi connectivity index (χ0n) is 16.0. The third-order valence-corrected chi connectivity index (χ3v) is 5.92. The van der Waals surface area contributed by atoms with Gasteiger partial charge in [-0.05, 0) is 25.0 Å². The summed E-state index contributed by atoms with van der Waals surface area (Å²) < 4.78 is 0. The molecule has 1 aliphatic carbocycles. The molecule has 1 unspecified atom stereocenters. The summed E-state index contributed by atoms with van der Waals surface area (Å²) in [5.41, 5.74) is 1.95. The van der Waals surface area contributed by atoms with Gasteiger partial charge in [0.05, 0.1) is 29.8 Å². The van der Waals surface area contributed by atoms with Gasteiger partial charge in [0.2, 0.25) is 0 Å². The van der Waals surface area contributed by atoms with E-state index in [-0.39, 0.29) is 18.9 Å². The first-order chi connectivity index (χ1) is 13.6. The number of aromatic nitrogens is 3. The number of rotatable bonds is 4. The highest BCUT2D eigenvalue weighted by Crippen LogP contribution is 2.29. The summed E-state index contributed by atoms with van der Waals surface area (Å²) in [7, 11) is 1.98. The number of carboxylic acids is 1. The number of nitrogens with zero attached hydrogens (tertiary/aromatic N) is 4. The summed E-state index contributed by atoms with van der Waals surface area (Å²) in [5, 5.41) is 9.69. The van der Waals surface area contributed by atoms with E-state index in [1.54, 1.807) is 24.7 Å². The molecule has 3 heterocycles. The summed E-state index contributed by atoms with van der Waals surface area (Å²) >= 11 is 0. The second kappa shape index (κ2) is 7.61. The van der Waals surface area contributed by atoms with Crippen molar-refractivity contribution >= 4 is 17.7 Å². The van der Waals surface area contributed by atoms with Crippen molar-refractivity contribution in [2.24, 2.45) is 0 Å². The number of aliphatic carboxylic acids is 1. The SMILES string of the molecule is CN(c1ncccc1C(=O)N1Cc2[nH]cnc2CC1C(=O)O)C1CCCCC1. The number of pyridine rings is 1. The summed E-state index contributed by atoms with van der Waals surface area (Å²) in [4.78, 5) is 40.5. The number of anilines is 1. The van der Waals surface area contributed by atoms with E-state index in [1.807, 2.05) is 7.05 Å². The molecule has 1 atom stereocenters. The average Bonchev–Trinajstić information content (AvgIpc) is 3.20. The van der Waals surface area contributed by atoms with Gasteiger partial charge in [-0.3, -0.25) is 4.79 Å². The van der Waals surface area contributed by atoms with Crippen LogP contribution in [0.2, 0.25) is 0 Å². The fourth-order valence-corrected chi connectivity index (χ4v) is 4.31. The Labute approximate surface area is 163 Å². The molecule has 0 radical (unpaired) electrons. The van der Waals surface area contributed by atoms with Crippen molar-refractivity contribution in [3.63, 3.8) is 0 Å². The summed E-state index contributed by atoms with van der Waals surface area (Å²) in [5.74, 6) is -0.703. The van der Waals surface area contributed by atoms with Gasteiger partial charge < -0.3 is 19.9 Å². The molecule has 1 aliphatic heterocycles. The van der Waals surface area contributed by atoms with Gasteiger partial charge in [0.15, 0.2) is 0 Å². The Hall–Kier alpha value is -2.90. The van der Waals surface area contributed by atoms with Gasteiger partial charge in [-0.25, -0.2) is 14.8 Å². The van der Waals surface area contributed by atoms with Gasteiger partial charge in [-0.2, -0.15) is 0 Å². The van der Waals surface area contributed by atoms with E-state index >= 15 is 0 Å². The van der Waals surface area contributed by atoms with Crippen molar-refractivity contribution in [1.82, 2.24) is 19.9 Å². The average molecular weight is 383 g/mol. The molecule has 8 heteroatoms. The van der Waals surface area contributed by atoms with Gasteiger partial charge in [-0.15, -0.1) is 0 Å². The lowest BCUT2D eigenvalue weighted by Gasteiger charge is -2.35. The van der Waals surface area contributed by atoms with Crippen LogP contribution < -0.4 is 4.90 Å². The number of H-pyrrole nitrogens is 1. The molecule has 2 N–H and O–H groups in total. The van der Waals surface area contributed by atoms with E-state index in [0.29, 0.717) is 23.1 Å². The molecule has 0 aromatic carbocycles. The Morgan fingerprint density at radius 3 is 2.79 bits per heavy atom. The van der Waals surface area contributed by atoms with Crippen LogP contribution in [0, 0.1) is 0 Å². The van der Waals surface area contributed by atoms with Crippen LogP contribution in [0.25, 0.3) is 0 Å². The smallest absolute Gasteiger partial charge is 0.326 e. The van der Waals surface area contributed by atoms with Crippen molar-refractivity contribution in [2.75, 3.05) is 11.9 Å². The first kappa shape index (κ1) is 18.5. The molecule has 8 nitrogen and oxygen atoms in total. The van der Waals surface area contributed by atoms with Gasteiger partial charge in [0.1, 0.15) is 11.9 Å². The largest absolute Gasteiger partial charge is 0.480 e. The normalized spacial score (nSPS) is 19.9. The highest BCUT2D eigenvalue weighted by molar-refractivity contribution is 6.00. The van der Waals surface area contributed by atoms with Crippen LogP contribution in [-0.2, 0) is 17.8 Å². The van der Waals surface area contributed by atoms with Crippen LogP contribution in [0.15, 0.2) is 24.7 Å². The monoisotopic (exact) mass is 383 g/mol. The number of imidazole rings is 1. The van der Waals surface area contributed by atoms with E-state index in [0.717, 1.165) is 18.5 Å². The summed E-state index contributed by atoms with van der Waals surface area (Å²) in [6, 6.07) is 2.89. The third-order valence-electron chi connectivity index (χ3n) is 5.92. The molecule has 1 saturated carbocycles. The Morgan fingerprint density at radius 2 is 2.04 bits per heavy atom. The maximum Gasteiger partial charge on any atom is 0.326 e. The summed E-state index contributed by atoms with van der Waals surface area (Å²) in [6.45, 7) is 0.201. The van der Waals surface area contributed by atoms with E-state index < -0.39 is 12.0 Å². The van der Waals surface area contributed by atoms with Gasteiger partial charge in [-0.1, -0.05) is 19.3 Å². The van der Waals surface area contributed by atoms with Crippen LogP contribution in [-0.4, -0.2) is 56.0 Å². The lowest BCUT2D eigenvalue weighted by Crippen LogP contribution is -2.49. The second-order valence-corrected chi connectivity index (χ2v) is 7.60. The Morgan fingerprint density at radius 1 is 1.25 bits per heavy atom. The van der Waals surface area contributed by atoms with Crippen molar-refractivity contribution in [2.45, 2.75) is 57.2 Å². The standard InChI is InChI=1S/C20H25N5O3/c1-24(13-6-3-2-4-7-13)18-14(8-5-9-21-18)19(26)25-11-16-15(22-12-23-16)10-17(25)20(27)28/h5,8-9,12-13,17H,2-4,6-7,10-11H2,1H3,(H,22,23)(H,27,28). The molecule has 0 saturated heterocycles. The number of carbonyl (C=O) groups is 2. The first-order valence-electron chi connectivity index (χ1n) is 9.79. The minimum absolute atomic E-state index is 0.201. The molecular weight excluding hydrogens is 358 g/mol. The molecule has 1 amide bonds. The van der Waals surface area contributed by atoms with Crippen LogP contribution in [0.1, 0.15) is 53.8 Å². The van der Waals surface area contributed by atoms with Crippen molar-refractivity contribution in [1.29, 1.82) is 0 Å². The molecule has 2 aromatic heterocycles. The molecule has 0 spiro atoms. The molecule has 0 bridgehead atoms. The molecule has 1 fully saturated rings. The molecule has 2 aromatic rings. The molecule has 2 aliphatic rings. The lowest BCUT2D eigenvalue weighted by molar-refractivity contribution is -0.142. The number of carbonyl (C=O) groups excluding carboxylic acids is 1. The lowest BCUT2D eigenvalue weighted by atomic mass is 9.94. The van der Waals surface area contributed by atoms with Crippen LogP contribution >= 0.6 is 0 Å². The number of amides is 1. The summed E-state index contributed by atoms with van der Waals surface area (Å²) in [6.07, 6.45) is 9.21. The number of aromatic amines is 1. The van der Waals surface area contributed by atoms with Gasteiger partial charge >= 0.3 is 5.97 Å². The van der Waals surface area contributed by atoms with Crippen LogP contribution in [0.5, 0.6) is 0 Å². The predicted molar refractivity (Wildman–Crippen MR) is 103 cm³/mol. The van der Waals surface area contributed by atoms with Crippen LogP contribution in [0.4, 0.5) is 5.82 Å². The van der Waals surface area contributed by atoms with Gasteiger partial charge in [0, 0.05) is 25.7 Å². The zero-order chi connectivity index (χ0) is 19.7. The quantitative estimate of drug-likeness (QED) is 0.839. The second-order valence-electron chi connectivity index (χ2n) is 7.60. The number of nitrogens with one attached hydrogen (secondary N) is 1. The number of hydrogen-bond donors (Lipinski definition) is 2. The molecule has 4 rings (SSSR count). The minimum Gasteiger partial charge on any atom is -0.480 e. The maximum absolute atomic E-state index is 13.4. The van der Waals surface area contributed by atoms with Crippen molar-refractivity contribution < 1.29 is 14.7 Å². The zero-order valence-corrected chi connectivity index (χ0v) is 16.0. The predicted octanol–water partition coefficient (Wildman–Crippen LogP) is 2.23. The maximum atomic E-state index is 13.4. The molecule has 148 valence electrons. The van der Waals surface area contributed by atoms with Crippen molar-refractivity contribution in [3.8, 4) is 0 Å². The van der Waals surface area contributed by atoms with E-state index in [1.165, 1.54) is 24.2 Å². The molecular formula is C20H25N5O3. The fourth-order valence-electron chi connectivity index (χ4n) is 4.31. The van der Waals surface area contributed by atoms with Gasteiger partial charge in [0.25, 0.3) is 5.91 Å². The Balaban J connectivity index is 1.65. The fraction of sp³-hybridized carbons (Fsp3) is 0.500. The van der Waals surface area contributed by atoms with E-state index in [4.69, 9.17) is 0 Å². The topological polar surface area (TPSA) is 102 Å². The Kier molecular flexibility index (Phi) is 5.02. The Bertz CT molecular complexity index is 874. The molecule has 28 heavy (non-hydrogen) atoms. The third kappa shape index (κ3) is 3.34. The van der Waals surface area contributed by atoms with E-state index in [9.17, 15) is 14.7 Å². The minimum atomic E-state index is -1.02.